The van der Waals surface area contributed by atoms with Gasteiger partial charge in [-0.2, -0.15) is 0 Å². The van der Waals surface area contributed by atoms with Crippen LogP contribution in [-0.4, -0.2) is 14.1 Å². The number of halogens is 1. The maximum atomic E-state index is 11.7. The summed E-state index contributed by atoms with van der Waals surface area (Å²) in [6, 6.07) is 18.4. The molecule has 0 amide bonds. The molecule has 0 atom stereocenters. The molecule has 1 N–H and O–H groups in total. The maximum absolute atomic E-state index is 11.7. The number of nitrogens with one attached hydrogen (secondary N) is 1. The summed E-state index contributed by atoms with van der Waals surface area (Å²) in [5, 5.41) is 0. The molecule has 1 heterocycles. The smallest absolute Gasteiger partial charge is 0.221 e. The van der Waals surface area contributed by atoms with Crippen LogP contribution in [0, 0.1) is 6.92 Å². The Morgan fingerprint density at radius 3 is 2.44 bits per heavy atom. The quantitative estimate of drug-likeness (QED) is 0.447. The average Bonchev–Trinajstić information content (AvgIpc) is 2.61. The molecule has 0 spiro atoms. The highest BCUT2D eigenvalue weighted by Crippen LogP contribution is 2.32. The van der Waals surface area contributed by atoms with Crippen LogP contribution >= 0.6 is 11.3 Å². The molecule has 1 aliphatic heterocycles. The first-order chi connectivity index (χ1) is 12.5. The first-order valence-corrected chi connectivity index (χ1v) is 9.47. The zero-order valence-electron chi connectivity index (χ0n) is 15.5. The molecule has 0 aromatic heterocycles. The zero-order valence-corrected chi connectivity index (χ0v) is 17.9. The number of hydrogen-bond donors (Lipinski definition) is 0. The Bertz CT molecular complexity index is 1120. The molecule has 4 rings (SSSR count). The minimum atomic E-state index is 0. The van der Waals surface area contributed by atoms with E-state index in [2.05, 4.69) is 67.3 Å². The van der Waals surface area contributed by atoms with E-state index < -0.39 is 0 Å². The van der Waals surface area contributed by atoms with Gasteiger partial charge in [-0.25, -0.2) is 4.98 Å². The molecule has 138 valence electrons. The Morgan fingerprint density at radius 2 is 1.74 bits per heavy atom. The third kappa shape index (κ3) is 4.04. The normalized spacial score (nSPS) is 10.8. The number of aryl methyl sites for hydroxylation is 1. The van der Waals surface area contributed by atoms with Crippen LogP contribution in [0.3, 0.4) is 0 Å². The zero-order chi connectivity index (χ0) is 18.3. The summed E-state index contributed by atoms with van der Waals surface area (Å²) in [4.78, 5) is 18.3. The van der Waals surface area contributed by atoms with E-state index in [4.69, 9.17) is 0 Å². The fourth-order valence-corrected chi connectivity index (χ4v) is 4.27. The van der Waals surface area contributed by atoms with Crippen molar-refractivity contribution in [1.29, 1.82) is 0 Å². The number of benzene rings is 3. The second-order valence-corrected chi connectivity index (χ2v) is 8.00. The van der Waals surface area contributed by atoms with Crippen LogP contribution in [0.4, 0.5) is 5.69 Å². The van der Waals surface area contributed by atoms with Crippen molar-refractivity contribution in [2.75, 3.05) is 19.0 Å². The van der Waals surface area contributed by atoms with Gasteiger partial charge in [-0.15, -0.1) is 11.3 Å². The molecule has 0 unspecified atom stereocenters. The van der Waals surface area contributed by atoms with Crippen molar-refractivity contribution in [2.45, 2.75) is 13.3 Å². The molecular formula is C22H21BrN2OS. The highest BCUT2D eigenvalue weighted by molar-refractivity contribution is 7.21. The van der Waals surface area contributed by atoms with Crippen molar-refractivity contribution in [3.05, 3.63) is 81.5 Å². The third-order valence-corrected chi connectivity index (χ3v) is 5.74. The molecule has 0 radical (unpaired) electrons. The lowest BCUT2D eigenvalue weighted by Gasteiger charge is -2.18. The van der Waals surface area contributed by atoms with Gasteiger partial charge in [0.15, 0.2) is 5.43 Å². The van der Waals surface area contributed by atoms with E-state index in [1.54, 1.807) is 23.5 Å². The van der Waals surface area contributed by atoms with Crippen molar-refractivity contribution in [2.24, 2.45) is 0 Å². The Balaban J connectivity index is 0.00000210. The summed E-state index contributed by atoms with van der Waals surface area (Å²) in [6.45, 7) is 2.11. The molecule has 0 saturated heterocycles. The molecule has 2 aromatic rings. The van der Waals surface area contributed by atoms with Gasteiger partial charge in [0.1, 0.15) is 9.58 Å². The first kappa shape index (κ1) is 19.5. The summed E-state index contributed by atoms with van der Waals surface area (Å²) in [5.74, 6) is 0. The van der Waals surface area contributed by atoms with E-state index in [1.807, 2.05) is 6.07 Å². The fraction of sp³-hybridized carbons (Fsp3) is 0.182. The number of hydrogen-bond acceptors (Lipinski definition) is 3. The second kappa shape index (κ2) is 7.79. The molecule has 3 nitrogen and oxygen atoms in total. The van der Waals surface area contributed by atoms with Gasteiger partial charge in [-0.05, 0) is 36.6 Å². The van der Waals surface area contributed by atoms with Gasteiger partial charge < -0.3 is 21.9 Å². The number of anilines is 1. The van der Waals surface area contributed by atoms with Gasteiger partial charge in [0.2, 0.25) is 11.2 Å². The lowest BCUT2D eigenvalue weighted by Crippen LogP contribution is -3.00. The summed E-state index contributed by atoms with van der Waals surface area (Å²) in [5.41, 5.74) is 7.23. The SMILES string of the molecule is Cc1ccc(Cc2cc3[nH+]c4ccc(=O)cc-4sc3cc2N(C)C)cc1.[Br-]. The van der Waals surface area contributed by atoms with Crippen LogP contribution in [-0.2, 0) is 6.42 Å². The van der Waals surface area contributed by atoms with Crippen LogP contribution in [0.15, 0.2) is 59.4 Å². The fourth-order valence-electron chi connectivity index (χ4n) is 3.23. The summed E-state index contributed by atoms with van der Waals surface area (Å²) < 4.78 is 1.15. The monoisotopic (exact) mass is 440 g/mol. The van der Waals surface area contributed by atoms with Crippen LogP contribution in [0.1, 0.15) is 16.7 Å². The number of aromatic nitrogens is 1. The number of nitrogens with zero attached hydrogens (tertiary/aromatic N) is 1. The van der Waals surface area contributed by atoms with Gasteiger partial charge in [-0.3, -0.25) is 4.79 Å². The minimum Gasteiger partial charge on any atom is -1.00 e. The third-order valence-electron chi connectivity index (χ3n) is 4.62. The molecule has 1 aliphatic carbocycles. The predicted octanol–water partition coefficient (Wildman–Crippen LogP) is 1.15. The number of H-pyrrole nitrogens is 1. The van der Waals surface area contributed by atoms with Crippen LogP contribution in [0.2, 0.25) is 0 Å². The van der Waals surface area contributed by atoms with Crippen LogP contribution in [0.25, 0.3) is 20.8 Å². The van der Waals surface area contributed by atoms with Crippen LogP contribution < -0.4 is 32.3 Å². The number of fused-ring (bicyclic) bond motifs is 2. The summed E-state index contributed by atoms with van der Waals surface area (Å²) in [7, 11) is 4.15. The van der Waals surface area contributed by atoms with Crippen molar-refractivity contribution in [3.63, 3.8) is 0 Å². The number of aromatic amines is 1. The molecule has 0 fully saturated rings. The van der Waals surface area contributed by atoms with Crippen molar-refractivity contribution in [3.8, 4) is 10.6 Å². The minimum absolute atomic E-state index is 0. The van der Waals surface area contributed by atoms with E-state index in [0.717, 1.165) is 27.2 Å². The van der Waals surface area contributed by atoms with E-state index in [9.17, 15) is 4.79 Å². The van der Waals surface area contributed by atoms with Gasteiger partial charge in [-0.1, -0.05) is 29.8 Å². The lowest BCUT2D eigenvalue weighted by atomic mass is 10.0. The van der Waals surface area contributed by atoms with Crippen LogP contribution in [0.5, 0.6) is 0 Å². The molecule has 0 bridgehead atoms. The van der Waals surface area contributed by atoms with Crippen molar-refractivity contribution in [1.82, 2.24) is 0 Å². The number of rotatable bonds is 3. The highest BCUT2D eigenvalue weighted by atomic mass is 79.9. The Hall–Kier alpha value is -2.24. The lowest BCUT2D eigenvalue weighted by molar-refractivity contribution is -0.330. The van der Waals surface area contributed by atoms with Crippen molar-refractivity contribution >= 4 is 27.2 Å². The van der Waals surface area contributed by atoms with E-state index in [-0.39, 0.29) is 22.4 Å². The molecular weight excluding hydrogens is 420 g/mol. The topological polar surface area (TPSA) is 34.5 Å². The van der Waals surface area contributed by atoms with E-state index >= 15 is 0 Å². The molecule has 27 heavy (non-hydrogen) atoms. The van der Waals surface area contributed by atoms with Gasteiger partial charge in [0.05, 0.1) is 0 Å². The second-order valence-electron chi connectivity index (χ2n) is 6.92. The molecule has 0 saturated carbocycles. The van der Waals surface area contributed by atoms with E-state index in [0.29, 0.717) is 0 Å². The van der Waals surface area contributed by atoms with Gasteiger partial charge in [0.25, 0.3) is 0 Å². The standard InChI is InChI=1S/C22H20N2OS.BrH/c1-14-4-6-15(7-5-14)10-16-11-19-22(13-20(16)24(2)3)26-21-12-17(25)8-9-18(21)23-19;/h4-9,11-13H,10H2,1-3H3;1H. The Kier molecular flexibility index (Phi) is 5.63. The Labute approximate surface area is 173 Å². The largest absolute Gasteiger partial charge is 1.00 e. The van der Waals surface area contributed by atoms with E-state index in [1.165, 1.54) is 22.4 Å². The average molecular weight is 441 g/mol. The predicted molar refractivity (Wildman–Crippen MR) is 110 cm³/mol. The summed E-state index contributed by atoms with van der Waals surface area (Å²) in [6.07, 6.45) is 0.889. The maximum Gasteiger partial charge on any atom is 0.221 e. The first-order valence-electron chi connectivity index (χ1n) is 8.65. The van der Waals surface area contributed by atoms with Gasteiger partial charge in [0, 0.05) is 38.0 Å². The molecule has 5 heteroatoms. The summed E-state index contributed by atoms with van der Waals surface area (Å²) >= 11 is 1.66. The highest BCUT2D eigenvalue weighted by Gasteiger charge is 2.17. The van der Waals surface area contributed by atoms with Gasteiger partial charge >= 0.3 is 0 Å². The Morgan fingerprint density at radius 1 is 1.00 bits per heavy atom. The molecule has 2 aliphatic rings. The molecule has 2 aromatic carbocycles. The van der Waals surface area contributed by atoms with Crippen molar-refractivity contribution < 1.29 is 22.0 Å².